The second-order valence-corrected chi connectivity index (χ2v) is 4.89. The van der Waals surface area contributed by atoms with E-state index in [0.29, 0.717) is 16.7 Å². The molecule has 0 aliphatic carbocycles. The quantitative estimate of drug-likeness (QED) is 0.762. The van der Waals surface area contributed by atoms with Gasteiger partial charge in [-0.25, -0.2) is 9.97 Å². The smallest absolute Gasteiger partial charge is 0.383 e. The summed E-state index contributed by atoms with van der Waals surface area (Å²) >= 11 is 0. The minimum Gasteiger partial charge on any atom is -0.383 e. The molecule has 0 saturated heterocycles. The highest BCUT2D eigenvalue weighted by atomic mass is 19.4. The first-order valence-electron chi connectivity index (χ1n) is 6.82. The highest BCUT2D eigenvalue weighted by molar-refractivity contribution is 5.87. The van der Waals surface area contributed by atoms with Crippen molar-refractivity contribution in [1.82, 2.24) is 9.97 Å². The maximum absolute atomic E-state index is 13.0. The second-order valence-electron chi connectivity index (χ2n) is 4.89. The molecule has 0 spiro atoms. The number of nitrogens with zero attached hydrogens (tertiary/aromatic N) is 2. The molecule has 0 fully saturated rings. The molecule has 0 atom stereocenters. The van der Waals surface area contributed by atoms with Gasteiger partial charge in [-0.2, -0.15) is 13.2 Å². The van der Waals surface area contributed by atoms with Crippen LogP contribution in [0.3, 0.4) is 0 Å². The van der Waals surface area contributed by atoms with Gasteiger partial charge in [-0.3, -0.25) is 0 Å². The number of alkyl halides is 3. The van der Waals surface area contributed by atoms with Crippen molar-refractivity contribution in [2.45, 2.75) is 6.18 Å². The molecular formula is C17H12F3N3. The number of hydrogen-bond donors (Lipinski definition) is 1. The van der Waals surface area contributed by atoms with Crippen LogP contribution < -0.4 is 5.73 Å². The number of nitrogens with two attached hydrogens (primary N) is 1. The molecule has 0 radical (unpaired) electrons. The van der Waals surface area contributed by atoms with Crippen molar-refractivity contribution in [2.75, 3.05) is 5.73 Å². The first kappa shape index (κ1) is 15.0. The first-order chi connectivity index (χ1) is 11.0. The van der Waals surface area contributed by atoms with Gasteiger partial charge in [-0.05, 0) is 5.56 Å². The third-order valence-corrected chi connectivity index (χ3v) is 3.30. The number of halogens is 3. The van der Waals surface area contributed by atoms with Gasteiger partial charge in [0.15, 0.2) is 0 Å². The van der Waals surface area contributed by atoms with E-state index < -0.39 is 12.0 Å². The highest BCUT2D eigenvalue weighted by Gasteiger charge is 2.36. The van der Waals surface area contributed by atoms with Gasteiger partial charge in [-0.15, -0.1) is 0 Å². The second kappa shape index (κ2) is 5.72. The molecule has 1 aromatic heterocycles. The standard InChI is InChI=1S/C17H12F3N3/c18-17(19,20)16-22-14(12-9-5-2-6-10-12)13(15(21)23-16)11-7-3-1-4-8-11/h1-10H,(H2,21,22,23). The normalized spacial score (nSPS) is 11.4. The molecule has 3 nitrogen and oxygen atoms in total. The van der Waals surface area contributed by atoms with Crippen LogP contribution >= 0.6 is 0 Å². The summed E-state index contributed by atoms with van der Waals surface area (Å²) in [5, 5.41) is 0. The van der Waals surface area contributed by atoms with Crippen molar-refractivity contribution in [1.29, 1.82) is 0 Å². The fourth-order valence-corrected chi connectivity index (χ4v) is 2.30. The van der Waals surface area contributed by atoms with Gasteiger partial charge in [-0.1, -0.05) is 60.7 Å². The fourth-order valence-electron chi connectivity index (χ4n) is 2.30. The molecule has 0 saturated carbocycles. The predicted molar refractivity (Wildman–Crippen MR) is 82.3 cm³/mol. The summed E-state index contributed by atoms with van der Waals surface area (Å²) < 4.78 is 39.1. The monoisotopic (exact) mass is 315 g/mol. The number of hydrogen-bond acceptors (Lipinski definition) is 3. The van der Waals surface area contributed by atoms with Crippen molar-refractivity contribution in [3.8, 4) is 22.4 Å². The van der Waals surface area contributed by atoms with Gasteiger partial charge >= 0.3 is 6.18 Å². The van der Waals surface area contributed by atoms with Crippen LogP contribution in [0.4, 0.5) is 19.0 Å². The van der Waals surface area contributed by atoms with Crippen LogP contribution in [0.2, 0.25) is 0 Å². The van der Waals surface area contributed by atoms with Gasteiger partial charge in [0, 0.05) is 5.56 Å². The number of rotatable bonds is 2. The summed E-state index contributed by atoms with van der Waals surface area (Å²) in [5.74, 6) is -1.44. The molecule has 3 rings (SSSR count). The molecule has 2 N–H and O–H groups in total. The molecule has 0 amide bonds. The molecule has 6 heteroatoms. The summed E-state index contributed by atoms with van der Waals surface area (Å²) in [5.41, 5.74) is 7.61. The Labute approximate surface area is 130 Å². The average molecular weight is 315 g/mol. The zero-order chi connectivity index (χ0) is 16.4. The Morgan fingerprint density at radius 3 is 1.78 bits per heavy atom. The van der Waals surface area contributed by atoms with Gasteiger partial charge in [0.25, 0.3) is 0 Å². The van der Waals surface area contributed by atoms with Crippen LogP contribution in [0.15, 0.2) is 60.7 Å². The van der Waals surface area contributed by atoms with Gasteiger partial charge in [0.2, 0.25) is 5.82 Å². The van der Waals surface area contributed by atoms with E-state index in [-0.39, 0.29) is 11.5 Å². The third-order valence-electron chi connectivity index (χ3n) is 3.30. The third kappa shape index (κ3) is 3.01. The fraction of sp³-hybridized carbons (Fsp3) is 0.0588. The lowest BCUT2D eigenvalue weighted by atomic mass is 9.99. The molecule has 23 heavy (non-hydrogen) atoms. The van der Waals surface area contributed by atoms with Crippen LogP contribution in [-0.2, 0) is 6.18 Å². The van der Waals surface area contributed by atoms with Crippen molar-refractivity contribution < 1.29 is 13.2 Å². The lowest BCUT2D eigenvalue weighted by Gasteiger charge is -2.14. The van der Waals surface area contributed by atoms with E-state index in [9.17, 15) is 13.2 Å². The Balaban J connectivity index is 2.31. The number of aromatic nitrogens is 2. The van der Waals surface area contributed by atoms with E-state index in [4.69, 9.17) is 5.73 Å². The Bertz CT molecular complexity index is 816. The Morgan fingerprint density at radius 2 is 1.26 bits per heavy atom. The van der Waals surface area contributed by atoms with E-state index >= 15 is 0 Å². The van der Waals surface area contributed by atoms with E-state index in [1.165, 1.54) is 0 Å². The summed E-state index contributed by atoms with van der Waals surface area (Å²) in [6, 6.07) is 17.5. The largest absolute Gasteiger partial charge is 0.451 e. The summed E-state index contributed by atoms with van der Waals surface area (Å²) in [7, 11) is 0. The lowest BCUT2D eigenvalue weighted by molar-refractivity contribution is -0.144. The van der Waals surface area contributed by atoms with E-state index in [0.717, 1.165) is 0 Å². The van der Waals surface area contributed by atoms with E-state index in [1.807, 2.05) is 6.07 Å². The van der Waals surface area contributed by atoms with E-state index in [2.05, 4.69) is 9.97 Å². The van der Waals surface area contributed by atoms with Gasteiger partial charge in [0.1, 0.15) is 5.82 Å². The lowest BCUT2D eigenvalue weighted by Crippen LogP contribution is -2.14. The van der Waals surface area contributed by atoms with Crippen molar-refractivity contribution in [2.24, 2.45) is 0 Å². The van der Waals surface area contributed by atoms with Crippen LogP contribution in [0, 0.1) is 0 Å². The summed E-state index contributed by atoms with van der Waals surface area (Å²) in [4.78, 5) is 7.18. The summed E-state index contributed by atoms with van der Waals surface area (Å²) in [6.07, 6.45) is -4.66. The van der Waals surface area contributed by atoms with Crippen LogP contribution in [0.25, 0.3) is 22.4 Å². The molecule has 1 heterocycles. The highest BCUT2D eigenvalue weighted by Crippen LogP contribution is 2.37. The van der Waals surface area contributed by atoms with Gasteiger partial charge in [0.05, 0.1) is 11.3 Å². The molecule has 0 aliphatic heterocycles. The zero-order valence-corrected chi connectivity index (χ0v) is 11.9. The summed E-state index contributed by atoms with van der Waals surface area (Å²) in [6.45, 7) is 0. The molecular weight excluding hydrogens is 303 g/mol. The Morgan fingerprint density at radius 1 is 0.739 bits per heavy atom. The molecule has 0 aliphatic rings. The molecule has 3 aromatic rings. The maximum atomic E-state index is 13.0. The van der Waals surface area contributed by atoms with Crippen molar-refractivity contribution >= 4 is 5.82 Å². The minimum atomic E-state index is -4.66. The van der Waals surface area contributed by atoms with Crippen LogP contribution in [0.1, 0.15) is 5.82 Å². The number of nitrogen functional groups attached to an aromatic ring is 1. The topological polar surface area (TPSA) is 51.8 Å². The Kier molecular flexibility index (Phi) is 3.73. The minimum absolute atomic E-state index is 0.164. The van der Waals surface area contributed by atoms with Crippen LogP contribution in [0.5, 0.6) is 0 Å². The SMILES string of the molecule is Nc1nc(C(F)(F)F)nc(-c2ccccc2)c1-c1ccccc1. The first-order valence-corrected chi connectivity index (χ1v) is 6.82. The molecule has 2 aromatic carbocycles. The van der Waals surface area contributed by atoms with E-state index in [1.54, 1.807) is 54.6 Å². The van der Waals surface area contributed by atoms with Crippen molar-refractivity contribution in [3.05, 3.63) is 66.5 Å². The predicted octanol–water partition coefficient (Wildman–Crippen LogP) is 4.41. The van der Waals surface area contributed by atoms with Crippen molar-refractivity contribution in [3.63, 3.8) is 0 Å². The maximum Gasteiger partial charge on any atom is 0.451 e. The zero-order valence-electron chi connectivity index (χ0n) is 11.9. The average Bonchev–Trinajstić information content (AvgIpc) is 2.55. The molecule has 0 unspecified atom stereocenters. The van der Waals surface area contributed by atoms with Crippen LogP contribution in [-0.4, -0.2) is 9.97 Å². The number of benzene rings is 2. The molecule has 116 valence electrons. The molecule has 0 bridgehead atoms. The van der Waals surface area contributed by atoms with Gasteiger partial charge < -0.3 is 5.73 Å². The Hall–Kier alpha value is -2.89. The number of anilines is 1.